The summed E-state index contributed by atoms with van der Waals surface area (Å²) in [7, 11) is 0. The van der Waals surface area contributed by atoms with Gasteiger partial charge in [0.25, 0.3) is 20.1 Å². The summed E-state index contributed by atoms with van der Waals surface area (Å²) in [5, 5.41) is 10.7. The van der Waals surface area contributed by atoms with Gasteiger partial charge in [-0.2, -0.15) is 0 Å². The molecular weight excluding hydrogens is 1430 g/mol. The SMILES string of the molecule is Cc1cc(C)c(N2c3cc4c(cc3B3c5ccccc5Oc5cc(-c6cccc7c6oc6ccccc67)cc2c53)B2c3cc5c(cc3N(c3c(C)cc(C)cc3C)c3cc(-c6cccc7c6oc6ccccc67)cc(c32)N4c2c(C)cc(C)cc2C)Nc2cc(-c3cccc4c3oc3ccccc34)cc3c2B5c2ccccc2O3)c(C)c1. The molecule has 3 aromatic heterocycles. The molecule has 0 amide bonds. The number of hydrogen-bond acceptors (Lipinski definition) is 9. The highest BCUT2D eigenvalue weighted by Crippen LogP contribution is 2.55. The summed E-state index contributed by atoms with van der Waals surface area (Å²) in [5.74, 6) is 3.31. The molecule has 0 saturated carbocycles. The van der Waals surface area contributed by atoms with Crippen molar-refractivity contribution in [3.8, 4) is 56.4 Å². The second-order valence-electron chi connectivity index (χ2n) is 33.5. The van der Waals surface area contributed by atoms with Gasteiger partial charge in [0, 0.05) is 94.5 Å². The Morgan fingerprint density at radius 2 is 0.590 bits per heavy atom. The number of benzene rings is 16. The van der Waals surface area contributed by atoms with Crippen LogP contribution in [-0.4, -0.2) is 20.1 Å². The smallest absolute Gasteiger partial charge is 0.256 e. The Bertz CT molecular complexity index is 7690. The number of aryl methyl sites for hydroxylation is 9. The molecule has 0 atom stereocenters. The van der Waals surface area contributed by atoms with Crippen molar-refractivity contribution < 1.29 is 22.7 Å². The summed E-state index contributed by atoms with van der Waals surface area (Å²) < 4.78 is 35.7. The van der Waals surface area contributed by atoms with Gasteiger partial charge in [0.15, 0.2) is 0 Å². The standard InChI is InChI=1S/C105H73B3N4O5/c1-55-39-58(4)100(59(5)40-55)110-84-53-82-78(106-76-32-13-18-37-93(76)113-95-49-64(45-83(109-82)97(95)106)67-26-20-29-73-70-23-10-15-34-90(70)115-103(67)73)51-79(84)108-81-52-80-85(54-86(81)111(101-60(6)41-56(2)42-61(101)7)88-47-65(46-87(110)98(88)108)68-27-21-30-74-71-24-11-16-35-91(71)116-104(68)74)112(102-62(8)43-57(3)44-63(102)9)89-48-66(50-96-99(89)107(80)77-33-14-19-38-94(77)114-96)69-28-22-31-75-72-25-12-17-36-92(72)117-105(69)75/h10-54,109H,1-9H3. The number of fused-ring (bicyclic) bond motifs is 21. The zero-order chi connectivity index (χ0) is 78.0. The Kier molecular flexibility index (Phi) is 13.6. The van der Waals surface area contributed by atoms with Crippen molar-refractivity contribution in [2.24, 2.45) is 0 Å². The first-order valence-electron chi connectivity index (χ1n) is 40.8. The van der Waals surface area contributed by atoms with E-state index in [4.69, 9.17) is 22.7 Å². The highest BCUT2D eigenvalue weighted by Gasteiger charge is 2.51. The Morgan fingerprint density at radius 1 is 0.248 bits per heavy atom. The van der Waals surface area contributed by atoms with E-state index in [0.29, 0.717) is 0 Å². The van der Waals surface area contributed by atoms with Crippen molar-refractivity contribution in [3.05, 3.63) is 323 Å². The predicted molar refractivity (Wildman–Crippen MR) is 488 cm³/mol. The molecule has 0 spiro atoms. The van der Waals surface area contributed by atoms with E-state index in [1.54, 1.807) is 0 Å². The third-order valence-corrected chi connectivity index (χ3v) is 26.2. The lowest BCUT2D eigenvalue weighted by Crippen LogP contribution is -2.66. The van der Waals surface area contributed by atoms with Crippen LogP contribution in [0.1, 0.15) is 50.1 Å². The van der Waals surface area contributed by atoms with Crippen molar-refractivity contribution >= 4 is 198 Å². The van der Waals surface area contributed by atoms with Gasteiger partial charge in [0.05, 0.1) is 17.1 Å². The van der Waals surface area contributed by atoms with Crippen molar-refractivity contribution in [3.63, 3.8) is 0 Å². The highest BCUT2D eigenvalue weighted by molar-refractivity contribution is 7.04. The maximum Gasteiger partial charge on any atom is 0.256 e. The van der Waals surface area contributed by atoms with Gasteiger partial charge in [0.1, 0.15) is 56.5 Å². The van der Waals surface area contributed by atoms with Gasteiger partial charge in [-0.3, -0.25) is 0 Å². The number of furan rings is 3. The number of nitrogens with one attached hydrogen (secondary N) is 1. The fourth-order valence-corrected chi connectivity index (χ4v) is 21.9. The van der Waals surface area contributed by atoms with Crippen LogP contribution in [0, 0.1) is 62.3 Å². The van der Waals surface area contributed by atoms with Crippen LogP contribution in [0.4, 0.5) is 62.6 Å². The largest absolute Gasteiger partial charge is 0.458 e. The van der Waals surface area contributed by atoms with Gasteiger partial charge in [-0.05, 0) is 240 Å². The van der Waals surface area contributed by atoms with Crippen LogP contribution in [0.5, 0.6) is 23.0 Å². The van der Waals surface area contributed by atoms with Gasteiger partial charge in [-0.1, -0.05) is 211 Å². The Balaban J connectivity index is 0.813. The summed E-state index contributed by atoms with van der Waals surface area (Å²) in [6.45, 7) is 19.6. The molecule has 552 valence electrons. The molecule has 0 fully saturated rings. The molecule has 0 aliphatic carbocycles. The van der Waals surface area contributed by atoms with E-state index in [-0.39, 0.29) is 20.1 Å². The second-order valence-corrected chi connectivity index (χ2v) is 33.5. The van der Waals surface area contributed by atoms with Crippen molar-refractivity contribution in [2.75, 3.05) is 20.0 Å². The molecule has 6 aliphatic rings. The lowest BCUT2D eigenvalue weighted by atomic mass is 9.29. The molecule has 9 heterocycles. The minimum Gasteiger partial charge on any atom is -0.458 e. The minimum atomic E-state index is -0.363. The molecule has 1 N–H and O–H groups in total. The molecule has 9 nitrogen and oxygen atoms in total. The lowest BCUT2D eigenvalue weighted by molar-refractivity contribution is 0.487. The predicted octanol–water partition coefficient (Wildman–Crippen LogP) is 22.3. The third-order valence-electron chi connectivity index (χ3n) is 26.2. The van der Waals surface area contributed by atoms with E-state index < -0.39 is 0 Å². The molecule has 0 saturated heterocycles. The Morgan fingerprint density at radius 3 is 1.03 bits per heavy atom. The minimum absolute atomic E-state index is 0.228. The van der Waals surface area contributed by atoms with Crippen LogP contribution in [0.3, 0.4) is 0 Å². The summed E-state index contributed by atoms with van der Waals surface area (Å²) in [6.07, 6.45) is 0. The molecule has 0 unspecified atom stereocenters. The monoisotopic (exact) mass is 1500 g/mol. The average Bonchev–Trinajstić information content (AvgIpc) is 1.32. The molecule has 117 heavy (non-hydrogen) atoms. The van der Waals surface area contributed by atoms with Crippen LogP contribution < -0.4 is 78.7 Å². The van der Waals surface area contributed by atoms with E-state index in [1.165, 1.54) is 77.4 Å². The summed E-state index contributed by atoms with van der Waals surface area (Å²) in [4.78, 5) is 7.95. The first-order chi connectivity index (χ1) is 57.2. The third kappa shape index (κ3) is 9.29. The number of anilines is 11. The lowest BCUT2D eigenvalue weighted by Gasteiger charge is -2.48. The maximum atomic E-state index is 7.49. The average molecular weight is 1500 g/mol. The van der Waals surface area contributed by atoms with Crippen molar-refractivity contribution in [1.82, 2.24) is 0 Å². The van der Waals surface area contributed by atoms with Gasteiger partial charge in [-0.15, -0.1) is 0 Å². The Labute approximate surface area is 677 Å². The molecular formula is C105H73B3N4O5. The molecule has 12 heteroatoms. The van der Waals surface area contributed by atoms with Gasteiger partial charge in [0.2, 0.25) is 0 Å². The van der Waals surface area contributed by atoms with Crippen LogP contribution in [0.15, 0.2) is 286 Å². The van der Waals surface area contributed by atoms with Crippen LogP contribution in [0.25, 0.3) is 99.2 Å². The first kappa shape index (κ1) is 66.4. The summed E-state index contributed by atoms with van der Waals surface area (Å²) in [5.41, 5.74) is 44.3. The topological polar surface area (TPSA) is 79.6 Å². The number of rotatable bonds is 6. The van der Waals surface area contributed by atoms with Crippen LogP contribution >= 0.6 is 0 Å². The number of hydrogen-bond donors (Lipinski definition) is 1. The summed E-state index contributed by atoms with van der Waals surface area (Å²) >= 11 is 0. The van der Waals surface area contributed by atoms with E-state index in [2.05, 4.69) is 349 Å². The number of ether oxygens (including phenoxy) is 2. The van der Waals surface area contributed by atoms with E-state index in [1.807, 2.05) is 6.07 Å². The van der Waals surface area contributed by atoms with E-state index in [9.17, 15) is 0 Å². The fourth-order valence-electron chi connectivity index (χ4n) is 21.9. The van der Waals surface area contributed by atoms with Crippen LogP contribution in [-0.2, 0) is 0 Å². The molecule has 25 rings (SSSR count). The normalized spacial score (nSPS) is 13.6. The van der Waals surface area contributed by atoms with Gasteiger partial charge < -0.3 is 42.7 Å². The van der Waals surface area contributed by atoms with Crippen molar-refractivity contribution in [2.45, 2.75) is 62.3 Å². The maximum absolute atomic E-state index is 7.49. The number of para-hydroxylation sites is 8. The Hall–Kier alpha value is -14.1. The summed E-state index contributed by atoms with van der Waals surface area (Å²) in [6, 6.07) is 101. The van der Waals surface area contributed by atoms with Crippen molar-refractivity contribution in [1.29, 1.82) is 0 Å². The van der Waals surface area contributed by atoms with E-state index >= 15 is 0 Å². The van der Waals surface area contributed by atoms with Crippen LogP contribution in [0.2, 0.25) is 0 Å². The highest BCUT2D eigenvalue weighted by atomic mass is 16.5. The van der Waals surface area contributed by atoms with Gasteiger partial charge >= 0.3 is 0 Å². The molecule has 6 aliphatic heterocycles. The quantitative estimate of drug-likeness (QED) is 0.164. The van der Waals surface area contributed by atoms with Gasteiger partial charge in [-0.25, -0.2) is 0 Å². The molecule has 16 aromatic carbocycles. The molecule has 0 bridgehead atoms. The number of nitrogens with zero attached hydrogens (tertiary/aromatic N) is 3. The molecule has 0 radical (unpaired) electrons. The zero-order valence-corrected chi connectivity index (χ0v) is 66.1. The molecule has 19 aromatic rings. The second kappa shape index (κ2) is 24.0. The van der Waals surface area contributed by atoms with E-state index in [0.717, 1.165) is 207 Å². The zero-order valence-electron chi connectivity index (χ0n) is 66.1. The fraction of sp³-hybridized carbons (Fsp3) is 0.0857. The first-order valence-corrected chi connectivity index (χ1v) is 40.8.